The second-order valence-corrected chi connectivity index (χ2v) is 6.72. The molecule has 0 radical (unpaired) electrons. The van der Waals surface area contributed by atoms with Crippen molar-refractivity contribution in [2.24, 2.45) is 5.10 Å². The van der Waals surface area contributed by atoms with Crippen molar-refractivity contribution in [1.82, 2.24) is 5.43 Å². The maximum absolute atomic E-state index is 12.2. The van der Waals surface area contributed by atoms with E-state index in [0.717, 1.165) is 5.56 Å². The summed E-state index contributed by atoms with van der Waals surface area (Å²) in [5.41, 5.74) is 5.25. The Hall–Kier alpha value is -4.33. The number of para-hydroxylation sites is 3. The van der Waals surface area contributed by atoms with Crippen LogP contribution in [-0.2, 0) is 4.79 Å². The second-order valence-electron chi connectivity index (χ2n) is 6.72. The fourth-order valence-electron chi connectivity index (χ4n) is 2.83. The van der Waals surface area contributed by atoms with E-state index < -0.39 is 6.03 Å². The van der Waals surface area contributed by atoms with Gasteiger partial charge >= 0.3 is 6.03 Å². The molecule has 3 rings (SSSR count). The Labute approximate surface area is 186 Å². The number of nitrogens with zero attached hydrogens (tertiary/aromatic N) is 1. The number of ether oxygens (including phenoxy) is 2. The molecule has 0 aliphatic carbocycles. The minimum atomic E-state index is -0.483. The first-order valence-electron chi connectivity index (χ1n) is 9.87. The molecule has 0 heterocycles. The smallest absolute Gasteiger partial charge is 0.339 e. The standard InChI is InChI=1S/C24H24N4O4/c1-17-9-6-7-13-20(17)27-24(30)28-25-15-18-10-8-14-21(31-2)23(18)32-16-22(29)26-19-11-4-3-5-12-19/h3-15H,16H2,1-2H3,(H,26,29)(H2,27,28,30). The first-order chi connectivity index (χ1) is 15.6. The molecule has 0 unspecified atom stereocenters. The number of nitrogens with one attached hydrogen (secondary N) is 3. The van der Waals surface area contributed by atoms with Crippen LogP contribution in [0.5, 0.6) is 11.5 Å². The van der Waals surface area contributed by atoms with Crippen molar-refractivity contribution < 1.29 is 19.1 Å². The Morgan fingerprint density at radius 3 is 2.44 bits per heavy atom. The van der Waals surface area contributed by atoms with Crippen LogP contribution in [0.25, 0.3) is 0 Å². The topological polar surface area (TPSA) is 101 Å². The number of benzene rings is 3. The summed E-state index contributed by atoms with van der Waals surface area (Å²) in [4.78, 5) is 24.3. The largest absolute Gasteiger partial charge is 0.493 e. The summed E-state index contributed by atoms with van der Waals surface area (Å²) in [6.07, 6.45) is 1.42. The van der Waals surface area contributed by atoms with Crippen molar-refractivity contribution in [2.75, 3.05) is 24.4 Å². The van der Waals surface area contributed by atoms with Gasteiger partial charge in [-0.15, -0.1) is 0 Å². The average Bonchev–Trinajstić information content (AvgIpc) is 2.80. The van der Waals surface area contributed by atoms with E-state index in [0.29, 0.717) is 28.4 Å². The summed E-state index contributed by atoms with van der Waals surface area (Å²) < 4.78 is 11.0. The zero-order valence-electron chi connectivity index (χ0n) is 17.8. The quantitative estimate of drug-likeness (QED) is 0.367. The SMILES string of the molecule is COc1cccc(C=NNC(=O)Nc2ccccc2C)c1OCC(=O)Nc1ccccc1. The summed E-state index contributed by atoms with van der Waals surface area (Å²) in [5.74, 6) is 0.453. The highest BCUT2D eigenvalue weighted by molar-refractivity contribution is 5.93. The maximum Gasteiger partial charge on any atom is 0.339 e. The molecular formula is C24H24N4O4. The summed E-state index contributed by atoms with van der Waals surface area (Å²) in [7, 11) is 1.50. The van der Waals surface area contributed by atoms with E-state index in [-0.39, 0.29) is 12.5 Å². The Morgan fingerprint density at radius 2 is 1.69 bits per heavy atom. The van der Waals surface area contributed by atoms with E-state index in [2.05, 4.69) is 21.2 Å². The van der Waals surface area contributed by atoms with Crippen LogP contribution in [0.4, 0.5) is 16.2 Å². The molecule has 3 N–H and O–H groups in total. The second kappa shape index (κ2) is 11.2. The van der Waals surface area contributed by atoms with Gasteiger partial charge in [0.2, 0.25) is 0 Å². The fourth-order valence-corrected chi connectivity index (χ4v) is 2.83. The number of aryl methyl sites for hydroxylation is 1. The highest BCUT2D eigenvalue weighted by atomic mass is 16.5. The zero-order valence-corrected chi connectivity index (χ0v) is 17.8. The van der Waals surface area contributed by atoms with Gasteiger partial charge in [-0.1, -0.05) is 42.5 Å². The van der Waals surface area contributed by atoms with Crippen LogP contribution < -0.4 is 25.5 Å². The number of methoxy groups -OCH3 is 1. The molecule has 3 amide bonds. The van der Waals surface area contributed by atoms with Crippen molar-refractivity contribution in [2.45, 2.75) is 6.92 Å². The van der Waals surface area contributed by atoms with E-state index in [1.807, 2.05) is 43.3 Å². The van der Waals surface area contributed by atoms with Gasteiger partial charge in [0.1, 0.15) is 0 Å². The molecule has 0 aliphatic rings. The van der Waals surface area contributed by atoms with Crippen LogP contribution in [0.15, 0.2) is 77.9 Å². The number of hydrogen-bond donors (Lipinski definition) is 3. The number of carbonyl (C=O) groups excluding carboxylic acids is 2. The molecule has 0 bridgehead atoms. The number of carbonyl (C=O) groups is 2. The summed E-state index contributed by atoms with van der Waals surface area (Å²) in [6, 6.07) is 21.2. The number of anilines is 2. The third kappa shape index (κ3) is 6.33. The maximum atomic E-state index is 12.2. The Bertz CT molecular complexity index is 1100. The van der Waals surface area contributed by atoms with Gasteiger partial charge in [-0.25, -0.2) is 10.2 Å². The monoisotopic (exact) mass is 432 g/mol. The third-order valence-electron chi connectivity index (χ3n) is 4.40. The Balaban J connectivity index is 1.63. The molecule has 32 heavy (non-hydrogen) atoms. The highest BCUT2D eigenvalue weighted by Crippen LogP contribution is 2.30. The number of urea groups is 1. The van der Waals surface area contributed by atoms with Crippen LogP contribution >= 0.6 is 0 Å². The predicted octanol–water partition coefficient (Wildman–Crippen LogP) is 4.18. The number of rotatable bonds is 8. The summed E-state index contributed by atoms with van der Waals surface area (Å²) in [5, 5.41) is 9.45. The van der Waals surface area contributed by atoms with Crippen molar-refractivity contribution >= 4 is 29.5 Å². The van der Waals surface area contributed by atoms with E-state index in [4.69, 9.17) is 9.47 Å². The first kappa shape index (κ1) is 22.4. The molecule has 0 aromatic heterocycles. The van der Waals surface area contributed by atoms with Crippen LogP contribution in [-0.4, -0.2) is 31.9 Å². The van der Waals surface area contributed by atoms with Gasteiger partial charge in [0.15, 0.2) is 18.1 Å². The fraction of sp³-hybridized carbons (Fsp3) is 0.125. The van der Waals surface area contributed by atoms with Gasteiger partial charge in [-0.2, -0.15) is 5.10 Å². The molecule has 0 saturated heterocycles. The molecule has 164 valence electrons. The van der Waals surface area contributed by atoms with Crippen LogP contribution in [0.3, 0.4) is 0 Å². The Morgan fingerprint density at radius 1 is 0.938 bits per heavy atom. The van der Waals surface area contributed by atoms with Gasteiger partial charge in [0.25, 0.3) is 5.91 Å². The Kier molecular flexibility index (Phi) is 7.80. The predicted molar refractivity (Wildman–Crippen MR) is 124 cm³/mol. The molecule has 0 fully saturated rings. The van der Waals surface area contributed by atoms with Gasteiger partial charge in [-0.05, 0) is 42.8 Å². The van der Waals surface area contributed by atoms with Gasteiger partial charge in [-0.3, -0.25) is 4.79 Å². The van der Waals surface area contributed by atoms with Crippen molar-refractivity contribution in [3.8, 4) is 11.5 Å². The lowest BCUT2D eigenvalue weighted by Gasteiger charge is -2.13. The van der Waals surface area contributed by atoms with E-state index in [1.165, 1.54) is 13.3 Å². The molecular weight excluding hydrogens is 408 g/mol. The molecule has 0 saturated carbocycles. The molecule has 8 heteroatoms. The summed E-state index contributed by atoms with van der Waals surface area (Å²) in [6.45, 7) is 1.67. The van der Waals surface area contributed by atoms with Crippen LogP contribution in [0.1, 0.15) is 11.1 Å². The lowest BCUT2D eigenvalue weighted by molar-refractivity contribution is -0.118. The third-order valence-corrected chi connectivity index (χ3v) is 4.40. The van der Waals surface area contributed by atoms with Crippen LogP contribution in [0, 0.1) is 6.92 Å². The summed E-state index contributed by atoms with van der Waals surface area (Å²) >= 11 is 0. The van der Waals surface area contributed by atoms with Gasteiger partial charge in [0, 0.05) is 16.9 Å². The molecule has 8 nitrogen and oxygen atoms in total. The molecule has 0 spiro atoms. The molecule has 3 aromatic carbocycles. The van der Waals surface area contributed by atoms with Crippen molar-refractivity contribution in [1.29, 1.82) is 0 Å². The minimum Gasteiger partial charge on any atom is -0.493 e. The number of hydrogen-bond acceptors (Lipinski definition) is 5. The van der Waals surface area contributed by atoms with E-state index >= 15 is 0 Å². The lowest BCUT2D eigenvalue weighted by Crippen LogP contribution is -2.24. The normalized spacial score (nSPS) is 10.4. The molecule has 0 atom stereocenters. The van der Waals surface area contributed by atoms with Gasteiger partial charge < -0.3 is 20.1 Å². The van der Waals surface area contributed by atoms with Crippen molar-refractivity contribution in [3.63, 3.8) is 0 Å². The zero-order chi connectivity index (χ0) is 22.8. The molecule has 3 aromatic rings. The van der Waals surface area contributed by atoms with Crippen LogP contribution in [0.2, 0.25) is 0 Å². The van der Waals surface area contributed by atoms with E-state index in [9.17, 15) is 9.59 Å². The lowest BCUT2D eigenvalue weighted by atomic mass is 10.2. The number of amides is 3. The van der Waals surface area contributed by atoms with Crippen molar-refractivity contribution in [3.05, 3.63) is 83.9 Å². The van der Waals surface area contributed by atoms with E-state index in [1.54, 1.807) is 36.4 Å². The number of hydrazone groups is 1. The van der Waals surface area contributed by atoms with Gasteiger partial charge in [0.05, 0.1) is 13.3 Å². The molecule has 0 aliphatic heterocycles. The minimum absolute atomic E-state index is 0.225. The highest BCUT2D eigenvalue weighted by Gasteiger charge is 2.12. The first-order valence-corrected chi connectivity index (χ1v) is 9.87. The average molecular weight is 432 g/mol.